The van der Waals surface area contributed by atoms with E-state index < -0.39 is 124 Å². The number of hydrogen-bond donors (Lipinski definition) is 12. The van der Waals surface area contributed by atoms with E-state index in [0.717, 1.165) is 38.5 Å². The smallest absolute Gasteiger partial charge is 0.220 e. The standard InChI is InChI=1S/C86H163NO18/c1-3-5-7-9-11-13-15-17-19-21-23-25-26-27-28-29-30-31-32-33-34-35-36-37-38-39-40-41-42-44-46-48-50-52-54-56-58-60-62-64-74(92)87-69(70(91)63-61-59-57-55-53-51-49-47-45-43-24-22-20-18-16-14-12-10-8-6-4-2)68-100-84-80(98)77(95)82(72(66-89)102-84)105-86-81(99)78(96)83(73(67-90)103-86)104-85-79(97)76(94)75(93)71(65-88)101-85/h53,55,61,63,69-73,75-86,88-91,93-99H,3-52,54,56-60,62,64-68H2,1-2H3,(H,87,92)/b55-53+,63-61+. The van der Waals surface area contributed by atoms with Crippen LogP contribution >= 0.6 is 0 Å². The van der Waals surface area contributed by atoms with Crippen molar-refractivity contribution >= 4 is 5.91 Å². The van der Waals surface area contributed by atoms with Crippen molar-refractivity contribution in [2.45, 2.75) is 491 Å². The molecule has 0 aromatic carbocycles. The van der Waals surface area contributed by atoms with Crippen LogP contribution in [-0.2, 0) is 33.2 Å². The minimum Gasteiger partial charge on any atom is -0.394 e. The first-order valence-corrected chi connectivity index (χ1v) is 44.1. The first-order chi connectivity index (χ1) is 51.3. The summed E-state index contributed by atoms with van der Waals surface area (Å²) in [6.07, 6.45) is 56.4. The van der Waals surface area contributed by atoms with Gasteiger partial charge in [0.25, 0.3) is 0 Å². The molecule has 0 spiro atoms. The van der Waals surface area contributed by atoms with Crippen LogP contribution < -0.4 is 5.32 Å². The summed E-state index contributed by atoms with van der Waals surface area (Å²) < 4.78 is 34.5. The van der Waals surface area contributed by atoms with Crippen LogP contribution in [0.15, 0.2) is 24.3 Å². The van der Waals surface area contributed by atoms with E-state index >= 15 is 0 Å². The van der Waals surface area contributed by atoms with Crippen LogP contribution in [-0.4, -0.2) is 193 Å². The Morgan fingerprint density at radius 1 is 0.333 bits per heavy atom. The molecule has 0 radical (unpaired) electrons. The summed E-state index contributed by atoms with van der Waals surface area (Å²) in [6.45, 7) is 1.78. The molecule has 0 bridgehead atoms. The van der Waals surface area contributed by atoms with Crippen molar-refractivity contribution < 1.29 is 89.4 Å². The predicted octanol–water partition coefficient (Wildman–Crippen LogP) is 16.1. The van der Waals surface area contributed by atoms with Gasteiger partial charge in [-0.2, -0.15) is 0 Å². The molecule has 12 N–H and O–H groups in total. The molecular formula is C86H163NO18. The summed E-state index contributed by atoms with van der Waals surface area (Å²) in [5.41, 5.74) is 0. The Morgan fingerprint density at radius 2 is 0.610 bits per heavy atom. The molecule has 0 aliphatic carbocycles. The molecule has 19 nitrogen and oxygen atoms in total. The largest absolute Gasteiger partial charge is 0.394 e. The third-order valence-electron chi connectivity index (χ3n) is 22.3. The van der Waals surface area contributed by atoms with E-state index in [9.17, 15) is 61.0 Å². The molecule has 0 saturated carbocycles. The fraction of sp³-hybridized carbons (Fsp3) is 0.942. The molecule has 3 rings (SSSR count). The number of allylic oxidation sites excluding steroid dienone is 3. The third kappa shape index (κ3) is 46.1. The second-order valence-electron chi connectivity index (χ2n) is 31.7. The van der Waals surface area contributed by atoms with Crippen LogP contribution in [0.5, 0.6) is 0 Å². The van der Waals surface area contributed by atoms with E-state index in [2.05, 4.69) is 31.3 Å². The van der Waals surface area contributed by atoms with E-state index in [1.54, 1.807) is 6.08 Å². The van der Waals surface area contributed by atoms with Crippen LogP contribution in [0, 0.1) is 0 Å². The van der Waals surface area contributed by atoms with Crippen LogP contribution in [0.3, 0.4) is 0 Å². The Morgan fingerprint density at radius 3 is 0.952 bits per heavy atom. The average Bonchev–Trinajstić information content (AvgIpc) is 0.780. The first-order valence-electron chi connectivity index (χ1n) is 44.1. The van der Waals surface area contributed by atoms with Gasteiger partial charge in [0.05, 0.1) is 38.6 Å². The second kappa shape index (κ2) is 66.8. The third-order valence-corrected chi connectivity index (χ3v) is 22.3. The van der Waals surface area contributed by atoms with E-state index in [1.807, 2.05) is 6.08 Å². The van der Waals surface area contributed by atoms with Crippen LogP contribution in [0.25, 0.3) is 0 Å². The van der Waals surface area contributed by atoms with Gasteiger partial charge >= 0.3 is 0 Å². The topological polar surface area (TPSA) is 307 Å². The molecule has 3 fully saturated rings. The molecule has 3 aliphatic rings. The van der Waals surface area contributed by atoms with Gasteiger partial charge in [0.1, 0.15) is 73.2 Å². The number of rotatable bonds is 72. The van der Waals surface area contributed by atoms with Gasteiger partial charge in [0.2, 0.25) is 5.91 Å². The Labute approximate surface area is 638 Å². The fourth-order valence-corrected chi connectivity index (χ4v) is 15.2. The number of unbranched alkanes of at least 4 members (excludes halogenated alkanes) is 54. The van der Waals surface area contributed by atoms with Gasteiger partial charge in [-0.15, -0.1) is 0 Å². The molecule has 3 aliphatic heterocycles. The Kier molecular flexibility index (Phi) is 62.0. The zero-order valence-corrected chi connectivity index (χ0v) is 66.7. The molecule has 17 unspecified atom stereocenters. The summed E-state index contributed by atoms with van der Waals surface area (Å²) in [5.74, 6) is -0.276. The molecule has 3 heterocycles. The van der Waals surface area contributed by atoms with Crippen molar-refractivity contribution in [3.8, 4) is 0 Å². The number of amides is 1. The lowest BCUT2D eigenvalue weighted by molar-refractivity contribution is -0.379. The van der Waals surface area contributed by atoms with E-state index in [-0.39, 0.29) is 18.9 Å². The Hall–Kier alpha value is -1.73. The monoisotopic (exact) mass is 1500 g/mol. The van der Waals surface area contributed by atoms with E-state index in [0.29, 0.717) is 12.8 Å². The lowest BCUT2D eigenvalue weighted by Crippen LogP contribution is -2.66. The maximum Gasteiger partial charge on any atom is 0.220 e. The molecule has 105 heavy (non-hydrogen) atoms. The number of carbonyl (C=O) groups is 1. The van der Waals surface area contributed by atoms with Gasteiger partial charge in [0.15, 0.2) is 18.9 Å². The zero-order chi connectivity index (χ0) is 76.0. The Balaban J connectivity index is 1.30. The lowest BCUT2D eigenvalue weighted by atomic mass is 9.96. The average molecular weight is 1500 g/mol. The van der Waals surface area contributed by atoms with E-state index in [1.165, 1.54) is 315 Å². The van der Waals surface area contributed by atoms with Crippen molar-refractivity contribution in [1.82, 2.24) is 5.32 Å². The van der Waals surface area contributed by atoms with Crippen LogP contribution in [0.1, 0.15) is 386 Å². The number of carbonyl (C=O) groups excluding carboxylic acids is 1. The van der Waals surface area contributed by atoms with E-state index in [4.69, 9.17) is 28.4 Å². The molecule has 1 amide bonds. The highest BCUT2D eigenvalue weighted by Gasteiger charge is 2.54. The van der Waals surface area contributed by atoms with Crippen LogP contribution in [0.4, 0.5) is 0 Å². The van der Waals surface area contributed by atoms with Crippen LogP contribution in [0.2, 0.25) is 0 Å². The van der Waals surface area contributed by atoms with Crippen molar-refractivity contribution in [3.63, 3.8) is 0 Å². The number of hydrogen-bond acceptors (Lipinski definition) is 18. The van der Waals surface area contributed by atoms with Gasteiger partial charge in [-0.3, -0.25) is 4.79 Å². The van der Waals surface area contributed by atoms with Gasteiger partial charge in [-0.1, -0.05) is 372 Å². The summed E-state index contributed by atoms with van der Waals surface area (Å²) in [4.78, 5) is 13.5. The number of aliphatic hydroxyl groups is 11. The maximum atomic E-state index is 13.5. The zero-order valence-electron chi connectivity index (χ0n) is 66.7. The molecule has 0 aromatic rings. The van der Waals surface area contributed by atoms with Gasteiger partial charge in [0, 0.05) is 6.42 Å². The molecule has 19 heteroatoms. The highest BCUT2D eigenvalue weighted by molar-refractivity contribution is 5.76. The number of ether oxygens (including phenoxy) is 6. The summed E-state index contributed by atoms with van der Waals surface area (Å²) in [5, 5.41) is 121. The molecule has 620 valence electrons. The Bertz CT molecular complexity index is 1990. The molecule has 17 atom stereocenters. The highest BCUT2D eigenvalue weighted by Crippen LogP contribution is 2.34. The molecule has 3 saturated heterocycles. The summed E-state index contributed by atoms with van der Waals surface area (Å²) in [6, 6.07) is -0.989. The normalized spacial score (nSPS) is 25.8. The fourth-order valence-electron chi connectivity index (χ4n) is 15.2. The number of aliphatic hydroxyl groups excluding tert-OH is 11. The number of nitrogens with one attached hydrogen (secondary N) is 1. The predicted molar refractivity (Wildman–Crippen MR) is 420 cm³/mol. The summed E-state index contributed by atoms with van der Waals surface area (Å²) >= 11 is 0. The van der Waals surface area contributed by atoms with Crippen molar-refractivity contribution in [3.05, 3.63) is 24.3 Å². The van der Waals surface area contributed by atoms with Gasteiger partial charge < -0.3 is 89.9 Å². The molecular weight excluding hydrogens is 1330 g/mol. The quantitative estimate of drug-likeness (QED) is 0.0199. The summed E-state index contributed by atoms with van der Waals surface area (Å²) in [7, 11) is 0. The second-order valence-corrected chi connectivity index (χ2v) is 31.7. The van der Waals surface area contributed by atoms with Gasteiger partial charge in [-0.05, 0) is 32.1 Å². The van der Waals surface area contributed by atoms with Crippen molar-refractivity contribution in [2.75, 3.05) is 26.4 Å². The van der Waals surface area contributed by atoms with Crippen molar-refractivity contribution in [2.24, 2.45) is 0 Å². The first kappa shape index (κ1) is 97.5. The minimum atomic E-state index is -1.98. The SMILES string of the molecule is CCCCCCCCCCCCCCCCC/C=C/CC/C=C/C(O)C(COC1OC(CO)C(OC2OC(CO)C(OC3OC(CO)C(O)C(O)C3O)C(O)C2O)C(O)C1O)NC(=O)CCCCCCCCCCCCCCCCCCCCCCCCCCCCCCCCCCCCCCCCC. The molecule has 0 aromatic heterocycles. The van der Waals surface area contributed by atoms with Crippen molar-refractivity contribution in [1.29, 1.82) is 0 Å². The maximum absolute atomic E-state index is 13.5. The minimum absolute atomic E-state index is 0.241. The highest BCUT2D eigenvalue weighted by atomic mass is 16.8. The van der Waals surface area contributed by atoms with Gasteiger partial charge in [-0.25, -0.2) is 0 Å². The lowest BCUT2D eigenvalue weighted by Gasteiger charge is -2.48.